The summed E-state index contributed by atoms with van der Waals surface area (Å²) in [5.41, 5.74) is 6.49. The van der Waals surface area contributed by atoms with Crippen LogP contribution in [0.2, 0.25) is 0 Å². The van der Waals surface area contributed by atoms with Gasteiger partial charge in [-0.3, -0.25) is 4.79 Å². The summed E-state index contributed by atoms with van der Waals surface area (Å²) >= 11 is 0. The molecule has 20 heavy (non-hydrogen) atoms. The lowest BCUT2D eigenvalue weighted by molar-refractivity contribution is -0.121. The molecule has 1 fully saturated rings. The van der Waals surface area contributed by atoms with Crippen molar-refractivity contribution in [3.8, 4) is 5.75 Å². The highest BCUT2D eigenvalue weighted by Gasteiger charge is 2.25. The molecule has 4 heteroatoms. The number of rotatable bonds is 5. The summed E-state index contributed by atoms with van der Waals surface area (Å²) in [5, 5.41) is 2.99. The van der Waals surface area contributed by atoms with Crippen molar-refractivity contribution < 1.29 is 9.53 Å². The summed E-state index contributed by atoms with van der Waals surface area (Å²) in [6.45, 7) is 3.31. The fourth-order valence-corrected chi connectivity index (χ4v) is 2.73. The Kier molecular flexibility index (Phi) is 5.41. The Morgan fingerprint density at radius 2 is 2.10 bits per heavy atom. The molecular formula is C16H24N2O2. The van der Waals surface area contributed by atoms with Gasteiger partial charge in [-0.25, -0.2) is 0 Å². The van der Waals surface area contributed by atoms with Crippen LogP contribution in [0.5, 0.6) is 5.75 Å². The van der Waals surface area contributed by atoms with E-state index >= 15 is 0 Å². The second kappa shape index (κ2) is 7.29. The molecule has 2 rings (SSSR count). The molecule has 1 aliphatic carbocycles. The van der Waals surface area contributed by atoms with Crippen LogP contribution in [-0.4, -0.2) is 19.1 Å². The quantitative estimate of drug-likeness (QED) is 0.869. The fourth-order valence-electron chi connectivity index (χ4n) is 2.73. The highest BCUT2D eigenvalue weighted by atomic mass is 16.5. The van der Waals surface area contributed by atoms with Gasteiger partial charge in [-0.2, -0.15) is 0 Å². The van der Waals surface area contributed by atoms with Crippen LogP contribution in [-0.2, 0) is 4.79 Å². The van der Waals surface area contributed by atoms with E-state index < -0.39 is 0 Å². The molecule has 0 heterocycles. The number of carbonyl (C=O) groups excluding carboxylic acids is 1. The Hall–Kier alpha value is -1.55. The van der Waals surface area contributed by atoms with Crippen molar-refractivity contribution in [1.82, 2.24) is 0 Å². The van der Waals surface area contributed by atoms with Gasteiger partial charge in [0.25, 0.3) is 0 Å². The first kappa shape index (κ1) is 14.9. The van der Waals surface area contributed by atoms with Gasteiger partial charge >= 0.3 is 0 Å². The first-order chi connectivity index (χ1) is 9.72. The van der Waals surface area contributed by atoms with Gasteiger partial charge in [0.1, 0.15) is 5.75 Å². The molecule has 1 aromatic rings. The Morgan fingerprint density at radius 1 is 1.35 bits per heavy atom. The lowest BCUT2D eigenvalue weighted by Crippen LogP contribution is -2.29. The Labute approximate surface area is 120 Å². The van der Waals surface area contributed by atoms with Crippen LogP contribution in [0.15, 0.2) is 24.3 Å². The van der Waals surface area contributed by atoms with Crippen molar-refractivity contribution in [3.63, 3.8) is 0 Å². The minimum atomic E-state index is 0.119. The zero-order valence-electron chi connectivity index (χ0n) is 12.1. The molecule has 0 radical (unpaired) electrons. The van der Waals surface area contributed by atoms with E-state index in [-0.39, 0.29) is 11.8 Å². The first-order valence-electron chi connectivity index (χ1n) is 7.46. The van der Waals surface area contributed by atoms with Crippen molar-refractivity contribution >= 4 is 11.6 Å². The van der Waals surface area contributed by atoms with E-state index in [1.165, 1.54) is 0 Å². The first-order valence-corrected chi connectivity index (χ1v) is 7.46. The number of hydrogen-bond donors (Lipinski definition) is 2. The molecule has 110 valence electrons. The van der Waals surface area contributed by atoms with Crippen LogP contribution >= 0.6 is 0 Å². The fraction of sp³-hybridized carbons (Fsp3) is 0.562. The number of hydrogen-bond acceptors (Lipinski definition) is 3. The third-order valence-corrected chi connectivity index (χ3v) is 3.96. The minimum absolute atomic E-state index is 0.119. The second-order valence-corrected chi connectivity index (χ2v) is 5.40. The highest BCUT2D eigenvalue weighted by molar-refractivity contribution is 5.92. The molecule has 0 bridgehead atoms. The molecular weight excluding hydrogens is 252 g/mol. The van der Waals surface area contributed by atoms with E-state index in [1.54, 1.807) is 0 Å². The molecule has 0 aromatic heterocycles. The molecule has 0 aliphatic heterocycles. The van der Waals surface area contributed by atoms with Crippen molar-refractivity contribution in [3.05, 3.63) is 24.3 Å². The van der Waals surface area contributed by atoms with Gasteiger partial charge in [0, 0.05) is 17.7 Å². The zero-order chi connectivity index (χ0) is 14.4. The normalized spacial score (nSPS) is 22.3. The summed E-state index contributed by atoms with van der Waals surface area (Å²) in [6.07, 6.45) is 4.01. The molecule has 1 aromatic carbocycles. The largest absolute Gasteiger partial charge is 0.494 e. The topological polar surface area (TPSA) is 64.3 Å². The van der Waals surface area contributed by atoms with Crippen LogP contribution in [0, 0.1) is 11.8 Å². The van der Waals surface area contributed by atoms with E-state index in [9.17, 15) is 4.79 Å². The summed E-state index contributed by atoms with van der Waals surface area (Å²) in [7, 11) is 0. The number of ether oxygens (including phenoxy) is 1. The monoisotopic (exact) mass is 276 g/mol. The average molecular weight is 276 g/mol. The Morgan fingerprint density at radius 3 is 2.75 bits per heavy atom. The molecule has 1 aliphatic rings. The summed E-state index contributed by atoms with van der Waals surface area (Å²) < 4.78 is 5.44. The molecule has 0 unspecified atom stereocenters. The zero-order valence-corrected chi connectivity index (χ0v) is 12.1. The van der Waals surface area contributed by atoms with E-state index in [4.69, 9.17) is 10.5 Å². The van der Waals surface area contributed by atoms with Crippen molar-refractivity contribution in [1.29, 1.82) is 0 Å². The van der Waals surface area contributed by atoms with E-state index in [0.29, 0.717) is 12.5 Å². The third-order valence-electron chi connectivity index (χ3n) is 3.96. The highest BCUT2D eigenvalue weighted by Crippen LogP contribution is 2.29. The average Bonchev–Trinajstić information content (AvgIpc) is 2.48. The van der Waals surface area contributed by atoms with Crippen LogP contribution < -0.4 is 15.8 Å². The van der Waals surface area contributed by atoms with Crippen molar-refractivity contribution in [2.24, 2.45) is 17.6 Å². The second-order valence-electron chi connectivity index (χ2n) is 5.40. The number of anilines is 1. The van der Waals surface area contributed by atoms with Crippen LogP contribution in [0.25, 0.3) is 0 Å². The van der Waals surface area contributed by atoms with Gasteiger partial charge in [-0.15, -0.1) is 0 Å². The molecule has 1 amide bonds. The van der Waals surface area contributed by atoms with Gasteiger partial charge in [0.05, 0.1) is 6.61 Å². The third kappa shape index (κ3) is 3.97. The Bertz CT molecular complexity index is 440. The van der Waals surface area contributed by atoms with E-state index in [1.807, 2.05) is 31.2 Å². The summed E-state index contributed by atoms with van der Waals surface area (Å²) in [6, 6.07) is 7.55. The van der Waals surface area contributed by atoms with E-state index in [0.717, 1.165) is 43.7 Å². The van der Waals surface area contributed by atoms with Gasteiger partial charge < -0.3 is 15.8 Å². The number of carbonyl (C=O) groups is 1. The standard InChI is InChI=1S/C16H24N2O2/c1-2-20-15-5-3-4-14(10-15)18-16(19)13-8-6-12(11-17)7-9-13/h3-5,10,12-13H,2,6-9,11,17H2,1H3,(H,18,19). The predicted octanol–water partition coefficient (Wildman–Crippen LogP) is 2.79. The number of nitrogens with two attached hydrogens (primary N) is 1. The van der Waals surface area contributed by atoms with Crippen LogP contribution in [0.3, 0.4) is 0 Å². The van der Waals surface area contributed by atoms with Crippen molar-refractivity contribution in [2.75, 3.05) is 18.5 Å². The summed E-state index contributed by atoms with van der Waals surface area (Å²) in [5.74, 6) is 1.63. The van der Waals surface area contributed by atoms with Gasteiger partial charge in [0.2, 0.25) is 5.91 Å². The van der Waals surface area contributed by atoms with Crippen LogP contribution in [0.4, 0.5) is 5.69 Å². The van der Waals surface area contributed by atoms with Crippen LogP contribution in [0.1, 0.15) is 32.6 Å². The van der Waals surface area contributed by atoms with E-state index in [2.05, 4.69) is 5.32 Å². The predicted molar refractivity (Wildman–Crippen MR) is 80.7 cm³/mol. The molecule has 0 saturated heterocycles. The molecule has 0 atom stereocenters. The maximum atomic E-state index is 12.2. The van der Waals surface area contributed by atoms with Gasteiger partial charge in [0.15, 0.2) is 0 Å². The van der Waals surface area contributed by atoms with Gasteiger partial charge in [-0.1, -0.05) is 6.07 Å². The molecule has 3 N–H and O–H groups in total. The van der Waals surface area contributed by atoms with Crippen molar-refractivity contribution in [2.45, 2.75) is 32.6 Å². The smallest absolute Gasteiger partial charge is 0.227 e. The maximum absolute atomic E-state index is 12.2. The summed E-state index contributed by atoms with van der Waals surface area (Å²) in [4.78, 5) is 12.2. The number of nitrogens with one attached hydrogen (secondary N) is 1. The van der Waals surface area contributed by atoms with Gasteiger partial charge in [-0.05, 0) is 57.2 Å². The SMILES string of the molecule is CCOc1cccc(NC(=O)C2CCC(CN)CC2)c1. The minimum Gasteiger partial charge on any atom is -0.494 e. The molecule has 0 spiro atoms. The lowest BCUT2D eigenvalue weighted by Gasteiger charge is -2.26. The lowest BCUT2D eigenvalue weighted by atomic mass is 9.81. The molecule has 4 nitrogen and oxygen atoms in total. The Balaban J connectivity index is 1.89. The number of amides is 1. The maximum Gasteiger partial charge on any atom is 0.227 e. The number of benzene rings is 1. The molecule has 1 saturated carbocycles.